The lowest BCUT2D eigenvalue weighted by atomic mass is 10.0. The number of carboxylic acid groups (broad SMARTS) is 1. The highest BCUT2D eigenvalue weighted by Crippen LogP contribution is 2.26. The fourth-order valence-corrected chi connectivity index (χ4v) is 5.01. The van der Waals surface area contributed by atoms with Gasteiger partial charge in [0.1, 0.15) is 34.1 Å². The first-order valence-electron chi connectivity index (χ1n) is 12.7. The van der Waals surface area contributed by atoms with Crippen molar-refractivity contribution < 1.29 is 9.90 Å². The minimum atomic E-state index is -1.19. The molecule has 0 aliphatic heterocycles. The fourth-order valence-electron chi connectivity index (χ4n) is 5.01. The van der Waals surface area contributed by atoms with Gasteiger partial charge in [-0.25, -0.2) is 9.78 Å². The van der Waals surface area contributed by atoms with Gasteiger partial charge in [0.2, 0.25) is 0 Å². The molecular formula is C30H29N7O3. The normalized spacial score (nSPS) is 11.4. The number of carbonyl (C=O) groups is 1. The van der Waals surface area contributed by atoms with E-state index in [-0.39, 0.29) is 52.8 Å². The number of hydrogen-bond donors (Lipinski definition) is 5. The summed E-state index contributed by atoms with van der Waals surface area (Å²) < 4.78 is 3.16. The Hall–Kier alpha value is -5.25. The van der Waals surface area contributed by atoms with Crippen molar-refractivity contribution in [3.05, 3.63) is 111 Å². The van der Waals surface area contributed by atoms with Gasteiger partial charge in [-0.1, -0.05) is 62.4 Å². The molecule has 0 spiro atoms. The van der Waals surface area contributed by atoms with Crippen molar-refractivity contribution >= 4 is 39.4 Å². The number of imidazole rings is 1. The van der Waals surface area contributed by atoms with E-state index in [0.29, 0.717) is 17.0 Å². The van der Waals surface area contributed by atoms with E-state index in [9.17, 15) is 14.7 Å². The maximum Gasteiger partial charge on any atom is 0.339 e. The van der Waals surface area contributed by atoms with E-state index in [1.54, 1.807) is 34.9 Å². The molecule has 2 aromatic heterocycles. The first kappa shape index (κ1) is 26.4. The quantitative estimate of drug-likeness (QED) is 0.149. The zero-order chi connectivity index (χ0) is 28.7. The highest BCUT2D eigenvalue weighted by molar-refractivity contribution is 6.01. The Kier molecular flexibility index (Phi) is 6.68. The Balaban J connectivity index is 1.73. The third-order valence-electron chi connectivity index (χ3n) is 6.95. The van der Waals surface area contributed by atoms with Crippen LogP contribution in [0.4, 0.5) is 0 Å². The van der Waals surface area contributed by atoms with Crippen LogP contribution < -0.4 is 17.0 Å². The second-order valence-electron chi connectivity index (χ2n) is 10.1. The monoisotopic (exact) mass is 535 g/mol. The summed E-state index contributed by atoms with van der Waals surface area (Å²) in [5.74, 6) is -0.839. The Bertz CT molecular complexity index is 1900. The molecule has 0 amide bonds. The third-order valence-corrected chi connectivity index (χ3v) is 6.95. The van der Waals surface area contributed by atoms with Crippen LogP contribution >= 0.6 is 0 Å². The second kappa shape index (κ2) is 10.1. The summed E-state index contributed by atoms with van der Waals surface area (Å²) >= 11 is 0. The molecule has 7 N–H and O–H groups in total. The molecule has 40 heavy (non-hydrogen) atoms. The molecule has 0 radical (unpaired) electrons. The average Bonchev–Trinajstić information content (AvgIpc) is 3.29. The average molecular weight is 536 g/mol. The number of pyridine rings is 1. The van der Waals surface area contributed by atoms with Crippen LogP contribution in [0.5, 0.6) is 0 Å². The van der Waals surface area contributed by atoms with Crippen LogP contribution in [-0.4, -0.2) is 36.9 Å². The molecule has 0 saturated heterocycles. The van der Waals surface area contributed by atoms with E-state index in [4.69, 9.17) is 22.3 Å². The van der Waals surface area contributed by atoms with Gasteiger partial charge in [-0.2, -0.15) is 0 Å². The van der Waals surface area contributed by atoms with Crippen LogP contribution in [0.3, 0.4) is 0 Å². The lowest BCUT2D eigenvalue weighted by molar-refractivity contribution is 0.0698. The van der Waals surface area contributed by atoms with Gasteiger partial charge in [0.25, 0.3) is 5.56 Å². The standard InChI is InChI=1S/C30H29N7O3/c1-16(2)28-35-24-23(30(39)40)15-36(14-21-8-4-6-18-9-10-20(27(33)34)12-22(18)21)29(38)25(24)37(28)13-17-5-3-7-19(11-17)26(31)32/h3-12,15-16H,13-14H2,1-2H3,(H3,31,32)(H3,33,34)(H,39,40). The summed E-state index contributed by atoms with van der Waals surface area (Å²) in [6.07, 6.45) is 1.35. The predicted octanol–water partition coefficient (Wildman–Crippen LogP) is 3.84. The molecule has 5 rings (SSSR count). The molecule has 0 aliphatic rings. The fraction of sp³-hybridized carbons (Fsp3) is 0.167. The molecule has 10 heteroatoms. The van der Waals surface area contributed by atoms with Crippen LogP contribution in [-0.2, 0) is 13.1 Å². The van der Waals surface area contributed by atoms with E-state index < -0.39 is 5.97 Å². The summed E-state index contributed by atoms with van der Waals surface area (Å²) in [6.45, 7) is 4.23. The van der Waals surface area contributed by atoms with Gasteiger partial charge in [-0.3, -0.25) is 15.6 Å². The van der Waals surface area contributed by atoms with Gasteiger partial charge in [0.05, 0.1) is 6.54 Å². The minimum absolute atomic E-state index is 0.0672. The number of aromatic nitrogens is 3. The first-order chi connectivity index (χ1) is 19.0. The van der Waals surface area contributed by atoms with Gasteiger partial charge >= 0.3 is 5.97 Å². The number of benzene rings is 3. The van der Waals surface area contributed by atoms with Crippen LogP contribution in [0.1, 0.15) is 58.2 Å². The molecule has 2 heterocycles. The lowest BCUT2D eigenvalue weighted by Crippen LogP contribution is -2.25. The molecular weight excluding hydrogens is 506 g/mol. The summed E-state index contributed by atoms with van der Waals surface area (Å²) in [7, 11) is 0. The van der Waals surface area contributed by atoms with Gasteiger partial charge in [0.15, 0.2) is 0 Å². The van der Waals surface area contributed by atoms with Gasteiger partial charge in [0, 0.05) is 29.8 Å². The minimum Gasteiger partial charge on any atom is -0.478 e. The van der Waals surface area contributed by atoms with Crippen molar-refractivity contribution in [2.75, 3.05) is 0 Å². The van der Waals surface area contributed by atoms with Gasteiger partial charge < -0.3 is 25.7 Å². The van der Waals surface area contributed by atoms with E-state index in [1.165, 1.54) is 10.8 Å². The highest BCUT2D eigenvalue weighted by Gasteiger charge is 2.24. The van der Waals surface area contributed by atoms with Crippen LogP contribution in [0.25, 0.3) is 21.8 Å². The molecule has 5 aromatic rings. The smallest absolute Gasteiger partial charge is 0.339 e. The number of hydrogen-bond acceptors (Lipinski definition) is 5. The van der Waals surface area contributed by atoms with Gasteiger partial charge in [-0.05, 0) is 34.0 Å². The molecule has 202 valence electrons. The number of fused-ring (bicyclic) bond motifs is 2. The van der Waals surface area contributed by atoms with E-state index in [2.05, 4.69) is 4.98 Å². The van der Waals surface area contributed by atoms with E-state index >= 15 is 0 Å². The van der Waals surface area contributed by atoms with Crippen LogP contribution in [0.15, 0.2) is 71.7 Å². The predicted molar refractivity (Wildman–Crippen MR) is 156 cm³/mol. The molecule has 0 bridgehead atoms. The van der Waals surface area contributed by atoms with Crippen molar-refractivity contribution in [2.45, 2.75) is 32.9 Å². The number of aromatic carboxylic acids is 1. The number of rotatable bonds is 8. The number of nitrogen functional groups attached to an aromatic ring is 2. The van der Waals surface area contributed by atoms with Crippen molar-refractivity contribution in [3.8, 4) is 0 Å². The van der Waals surface area contributed by atoms with Crippen molar-refractivity contribution in [2.24, 2.45) is 11.5 Å². The topological polar surface area (TPSA) is 177 Å². The maximum absolute atomic E-state index is 14.0. The summed E-state index contributed by atoms with van der Waals surface area (Å²) in [5, 5.41) is 27.4. The zero-order valence-corrected chi connectivity index (χ0v) is 22.1. The summed E-state index contributed by atoms with van der Waals surface area (Å²) in [6, 6.07) is 18.3. The third kappa shape index (κ3) is 4.71. The number of nitrogens with zero attached hydrogens (tertiary/aromatic N) is 3. The largest absolute Gasteiger partial charge is 0.478 e. The summed E-state index contributed by atoms with van der Waals surface area (Å²) in [4.78, 5) is 31.1. The molecule has 0 atom stereocenters. The Labute approximate surface area is 229 Å². The molecule has 0 fully saturated rings. The Morgan fingerprint density at radius 2 is 1.68 bits per heavy atom. The number of amidine groups is 2. The van der Waals surface area contributed by atoms with E-state index in [1.807, 2.05) is 44.2 Å². The van der Waals surface area contributed by atoms with Crippen LogP contribution in [0.2, 0.25) is 0 Å². The van der Waals surface area contributed by atoms with Crippen molar-refractivity contribution in [1.29, 1.82) is 10.8 Å². The number of nitrogens with two attached hydrogens (primary N) is 2. The first-order valence-corrected chi connectivity index (χ1v) is 12.7. The summed E-state index contributed by atoms with van der Waals surface area (Å²) in [5.41, 5.74) is 14.0. The molecule has 10 nitrogen and oxygen atoms in total. The Morgan fingerprint density at radius 3 is 2.35 bits per heavy atom. The number of nitrogens with one attached hydrogen (secondary N) is 2. The van der Waals surface area contributed by atoms with Crippen LogP contribution in [0, 0.1) is 10.8 Å². The molecule has 0 unspecified atom stereocenters. The SMILES string of the molecule is CC(C)c1nc2c(C(=O)O)cn(Cc3cccc4ccc(C(=N)N)cc34)c(=O)c2n1Cc1cccc(C(=N)N)c1. The zero-order valence-electron chi connectivity index (χ0n) is 22.1. The number of carboxylic acids is 1. The maximum atomic E-state index is 14.0. The van der Waals surface area contributed by atoms with Gasteiger partial charge in [-0.15, -0.1) is 0 Å². The molecule has 0 saturated carbocycles. The molecule has 0 aliphatic carbocycles. The lowest BCUT2D eigenvalue weighted by Gasteiger charge is -2.14. The molecule has 3 aromatic carbocycles. The van der Waals surface area contributed by atoms with Crippen molar-refractivity contribution in [1.82, 2.24) is 14.1 Å². The second-order valence-corrected chi connectivity index (χ2v) is 10.1. The highest BCUT2D eigenvalue weighted by atomic mass is 16.4. The Morgan fingerprint density at radius 1 is 0.975 bits per heavy atom. The van der Waals surface area contributed by atoms with Crippen molar-refractivity contribution in [3.63, 3.8) is 0 Å². The van der Waals surface area contributed by atoms with E-state index in [0.717, 1.165) is 21.9 Å².